The predicted molar refractivity (Wildman–Crippen MR) is 92.2 cm³/mol. The highest BCUT2D eigenvalue weighted by molar-refractivity contribution is 7.16. The van der Waals surface area contributed by atoms with E-state index in [0.29, 0.717) is 16.0 Å². The van der Waals surface area contributed by atoms with Crippen molar-refractivity contribution in [2.24, 2.45) is 0 Å². The molecule has 25 heavy (non-hydrogen) atoms. The molecule has 1 N–H and O–H groups in total. The van der Waals surface area contributed by atoms with Gasteiger partial charge < -0.3 is 10.1 Å². The second-order valence-electron chi connectivity index (χ2n) is 5.01. The maximum absolute atomic E-state index is 12.3. The topological polar surface area (TPSA) is 116 Å². The first-order chi connectivity index (χ1) is 12.0. The van der Waals surface area contributed by atoms with Gasteiger partial charge in [-0.25, -0.2) is 4.98 Å². The molecule has 0 saturated carbocycles. The van der Waals surface area contributed by atoms with Crippen molar-refractivity contribution >= 4 is 38.8 Å². The number of anilines is 1. The van der Waals surface area contributed by atoms with E-state index in [0.717, 1.165) is 4.57 Å². The summed E-state index contributed by atoms with van der Waals surface area (Å²) in [4.78, 5) is 39.7. The van der Waals surface area contributed by atoms with Gasteiger partial charge in [-0.1, -0.05) is 0 Å². The molecule has 0 fully saturated rings. The minimum atomic E-state index is -0.622. The first kappa shape index (κ1) is 16.6. The van der Waals surface area contributed by atoms with Crippen molar-refractivity contribution in [2.75, 3.05) is 12.4 Å². The molecule has 9 nitrogen and oxygen atoms in total. The molecule has 0 atom stereocenters. The zero-order valence-corrected chi connectivity index (χ0v) is 13.8. The van der Waals surface area contributed by atoms with Crippen LogP contribution < -0.4 is 15.6 Å². The van der Waals surface area contributed by atoms with E-state index in [4.69, 9.17) is 4.74 Å². The number of hydrogen-bond acceptors (Lipinski definition) is 7. The van der Waals surface area contributed by atoms with Gasteiger partial charge in [0.15, 0.2) is 0 Å². The lowest BCUT2D eigenvalue weighted by Gasteiger charge is -2.08. The van der Waals surface area contributed by atoms with E-state index in [2.05, 4.69) is 10.3 Å². The zero-order valence-electron chi connectivity index (χ0n) is 13.0. The largest absolute Gasteiger partial charge is 0.496 e. The van der Waals surface area contributed by atoms with E-state index < -0.39 is 10.8 Å². The highest BCUT2D eigenvalue weighted by Gasteiger charge is 2.18. The average molecular weight is 360 g/mol. The van der Waals surface area contributed by atoms with Crippen LogP contribution in [0.4, 0.5) is 11.4 Å². The predicted octanol–water partition coefficient (Wildman–Crippen LogP) is 2.01. The van der Waals surface area contributed by atoms with Gasteiger partial charge >= 0.3 is 0 Å². The molecule has 128 valence electrons. The van der Waals surface area contributed by atoms with Crippen LogP contribution in [0.3, 0.4) is 0 Å². The number of nitrogens with one attached hydrogen (secondary N) is 1. The van der Waals surface area contributed by atoms with Gasteiger partial charge in [0.2, 0.25) is 5.91 Å². The van der Waals surface area contributed by atoms with Crippen molar-refractivity contribution in [1.29, 1.82) is 0 Å². The van der Waals surface area contributed by atoms with E-state index in [1.165, 1.54) is 43.0 Å². The minimum Gasteiger partial charge on any atom is -0.496 e. The number of amides is 1. The van der Waals surface area contributed by atoms with Crippen LogP contribution >= 0.6 is 11.3 Å². The third-order valence-corrected chi connectivity index (χ3v) is 4.26. The molecule has 2 aromatic heterocycles. The fraction of sp³-hybridized carbons (Fsp3) is 0.133. The van der Waals surface area contributed by atoms with Gasteiger partial charge in [0.1, 0.15) is 22.8 Å². The Kier molecular flexibility index (Phi) is 4.44. The van der Waals surface area contributed by atoms with Crippen molar-refractivity contribution in [2.45, 2.75) is 6.54 Å². The molecule has 0 aliphatic rings. The maximum atomic E-state index is 12.3. The van der Waals surface area contributed by atoms with Crippen molar-refractivity contribution in [3.8, 4) is 5.75 Å². The first-order valence-electron chi connectivity index (χ1n) is 7.04. The summed E-state index contributed by atoms with van der Waals surface area (Å²) in [5.41, 5.74) is -0.620. The molecule has 3 aromatic rings. The van der Waals surface area contributed by atoms with Gasteiger partial charge in [-0.3, -0.25) is 24.3 Å². The summed E-state index contributed by atoms with van der Waals surface area (Å²) < 4.78 is 6.09. The minimum absolute atomic E-state index is 0.0217. The number of hydrogen-bond donors (Lipinski definition) is 1. The molecule has 2 heterocycles. The van der Waals surface area contributed by atoms with Crippen molar-refractivity contribution in [1.82, 2.24) is 9.55 Å². The molecule has 1 aromatic carbocycles. The van der Waals surface area contributed by atoms with Gasteiger partial charge in [-0.2, -0.15) is 0 Å². The SMILES string of the molecule is COc1ccc(NC(=O)Cn2cnc3sccc3c2=O)c([N+](=O)[O-])c1. The number of carbonyl (C=O) groups is 1. The summed E-state index contributed by atoms with van der Waals surface area (Å²) in [6.07, 6.45) is 1.28. The van der Waals surface area contributed by atoms with E-state index >= 15 is 0 Å². The number of thiophene rings is 1. The molecule has 3 rings (SSSR count). The summed E-state index contributed by atoms with van der Waals surface area (Å²) in [5, 5.41) is 15.7. The van der Waals surface area contributed by atoms with Crippen LogP contribution in [0.5, 0.6) is 5.75 Å². The van der Waals surface area contributed by atoms with Crippen LogP contribution in [0.25, 0.3) is 10.2 Å². The number of nitrogens with zero attached hydrogens (tertiary/aromatic N) is 3. The van der Waals surface area contributed by atoms with Crippen LogP contribution in [0, 0.1) is 10.1 Å². The van der Waals surface area contributed by atoms with Crippen LogP contribution in [0.15, 0.2) is 40.8 Å². The summed E-state index contributed by atoms with van der Waals surface area (Å²) >= 11 is 1.33. The van der Waals surface area contributed by atoms with E-state index in [1.54, 1.807) is 11.4 Å². The van der Waals surface area contributed by atoms with Crippen LogP contribution in [-0.2, 0) is 11.3 Å². The van der Waals surface area contributed by atoms with Gasteiger partial charge in [0.05, 0.1) is 29.8 Å². The van der Waals surface area contributed by atoms with Gasteiger partial charge in [-0.05, 0) is 23.6 Å². The third-order valence-electron chi connectivity index (χ3n) is 3.44. The molecule has 0 aliphatic carbocycles. The number of carbonyl (C=O) groups excluding carboxylic acids is 1. The second kappa shape index (κ2) is 6.69. The standard InChI is InChI=1S/C15H12N4O5S/c1-24-9-2-3-11(12(6-9)19(22)23)17-13(20)7-18-8-16-14-10(15(18)21)4-5-25-14/h2-6,8H,7H2,1H3,(H,17,20). The Bertz CT molecular complexity index is 1030. The number of ether oxygens (including phenoxy) is 1. The number of nitro groups is 1. The monoisotopic (exact) mass is 360 g/mol. The zero-order chi connectivity index (χ0) is 18.0. The second-order valence-corrected chi connectivity index (χ2v) is 5.90. The summed E-state index contributed by atoms with van der Waals surface area (Å²) in [6.45, 7) is -0.305. The molecule has 0 unspecified atom stereocenters. The highest BCUT2D eigenvalue weighted by atomic mass is 32.1. The Hall–Kier alpha value is -3.27. The highest BCUT2D eigenvalue weighted by Crippen LogP contribution is 2.28. The molecular formula is C15H12N4O5S. The Balaban J connectivity index is 1.84. The normalized spacial score (nSPS) is 10.6. The van der Waals surface area contributed by atoms with Gasteiger partial charge in [-0.15, -0.1) is 11.3 Å². The van der Waals surface area contributed by atoms with Crippen LogP contribution in [0.1, 0.15) is 0 Å². The molecule has 10 heteroatoms. The molecule has 0 bridgehead atoms. The smallest absolute Gasteiger partial charge is 0.296 e. The fourth-order valence-electron chi connectivity index (χ4n) is 2.25. The molecule has 0 aliphatic heterocycles. The van der Waals surface area contributed by atoms with E-state index in [9.17, 15) is 19.7 Å². The Labute approximate surface area is 144 Å². The summed E-state index contributed by atoms with van der Waals surface area (Å²) in [5.74, 6) is -0.278. The third kappa shape index (κ3) is 3.33. The Morgan fingerprint density at radius 2 is 2.24 bits per heavy atom. The fourth-order valence-corrected chi connectivity index (χ4v) is 2.97. The maximum Gasteiger partial charge on any atom is 0.296 e. The summed E-state index contributed by atoms with van der Waals surface area (Å²) in [6, 6.07) is 5.71. The molecule has 0 spiro atoms. The number of fused-ring (bicyclic) bond motifs is 1. The van der Waals surface area contributed by atoms with E-state index in [-0.39, 0.29) is 23.5 Å². The lowest BCUT2D eigenvalue weighted by atomic mass is 10.2. The van der Waals surface area contributed by atoms with Crippen molar-refractivity contribution < 1.29 is 14.5 Å². The lowest BCUT2D eigenvalue weighted by Crippen LogP contribution is -2.27. The van der Waals surface area contributed by atoms with Crippen molar-refractivity contribution in [3.63, 3.8) is 0 Å². The van der Waals surface area contributed by atoms with Crippen LogP contribution in [0.2, 0.25) is 0 Å². The molecule has 0 radical (unpaired) electrons. The Morgan fingerprint density at radius 1 is 1.44 bits per heavy atom. The van der Waals surface area contributed by atoms with Gasteiger partial charge in [0, 0.05) is 0 Å². The number of aromatic nitrogens is 2. The summed E-state index contributed by atoms with van der Waals surface area (Å²) in [7, 11) is 1.39. The van der Waals surface area contributed by atoms with Crippen LogP contribution in [-0.4, -0.2) is 27.5 Å². The lowest BCUT2D eigenvalue weighted by molar-refractivity contribution is -0.384. The quantitative estimate of drug-likeness (QED) is 0.549. The molecule has 1 amide bonds. The van der Waals surface area contributed by atoms with Crippen molar-refractivity contribution in [3.05, 3.63) is 56.4 Å². The number of rotatable bonds is 5. The van der Waals surface area contributed by atoms with Gasteiger partial charge in [0.25, 0.3) is 11.2 Å². The first-order valence-corrected chi connectivity index (χ1v) is 7.92. The molecule has 0 saturated heterocycles. The number of methoxy groups -OCH3 is 1. The number of nitro benzene ring substituents is 1. The number of benzene rings is 1. The Morgan fingerprint density at radius 3 is 2.96 bits per heavy atom. The average Bonchev–Trinajstić information content (AvgIpc) is 3.07. The molecular weight excluding hydrogens is 348 g/mol. The van der Waals surface area contributed by atoms with E-state index in [1.807, 2.05) is 0 Å².